The van der Waals surface area contributed by atoms with E-state index in [1.54, 1.807) is 19.2 Å². The average Bonchev–Trinajstić information content (AvgIpc) is 2.72. The normalized spacial score (nSPS) is 23.2. The number of carbonyl (C=O) groups excluding carboxylic acids is 1. The number of carboxylic acid groups (broad SMARTS) is 1. The lowest BCUT2D eigenvalue weighted by atomic mass is 9.65. The highest BCUT2D eigenvalue weighted by atomic mass is 35.5. The van der Waals surface area contributed by atoms with Gasteiger partial charge in [0.25, 0.3) is 0 Å². The summed E-state index contributed by atoms with van der Waals surface area (Å²) in [5.41, 5.74) is 1.26. The van der Waals surface area contributed by atoms with Crippen LogP contribution in [0.15, 0.2) is 42.6 Å². The Morgan fingerprint density at radius 2 is 2.00 bits per heavy atom. The van der Waals surface area contributed by atoms with E-state index < -0.39 is 11.4 Å². The third-order valence-electron chi connectivity index (χ3n) is 6.54. The van der Waals surface area contributed by atoms with E-state index in [0.29, 0.717) is 35.9 Å². The third-order valence-corrected chi connectivity index (χ3v) is 6.99. The second kappa shape index (κ2) is 10.1. The molecule has 2 aromatic rings. The van der Waals surface area contributed by atoms with Crippen LogP contribution in [0.1, 0.15) is 50.3 Å². The summed E-state index contributed by atoms with van der Waals surface area (Å²) in [5.74, 6) is -0.739. The molecule has 0 spiro atoms. The smallest absolute Gasteiger partial charge is 0.303 e. The van der Waals surface area contributed by atoms with Crippen LogP contribution in [0.5, 0.6) is 0 Å². The van der Waals surface area contributed by atoms with Gasteiger partial charge < -0.3 is 10.4 Å². The molecule has 1 aliphatic rings. The molecule has 0 amide bonds. The minimum atomic E-state index is -0.807. The number of aromatic nitrogens is 1. The maximum atomic E-state index is 12.9. The Hall–Kier alpha value is -1.95. The van der Waals surface area contributed by atoms with Crippen LogP contribution in [0.3, 0.4) is 0 Å². The molecule has 2 N–H and O–H groups in total. The van der Waals surface area contributed by atoms with Crippen molar-refractivity contribution in [2.75, 3.05) is 6.54 Å². The Labute approximate surface area is 193 Å². The second-order valence-corrected chi connectivity index (χ2v) is 9.56. The molecule has 1 aromatic heterocycles. The maximum Gasteiger partial charge on any atom is 0.303 e. The van der Waals surface area contributed by atoms with E-state index in [4.69, 9.17) is 23.2 Å². The highest BCUT2D eigenvalue weighted by molar-refractivity contribution is 6.30. The number of carboxylic acids is 1. The number of aryl methyl sites for hydroxylation is 1. The van der Waals surface area contributed by atoms with Crippen LogP contribution in [-0.2, 0) is 16.0 Å². The summed E-state index contributed by atoms with van der Waals surface area (Å²) in [6.07, 6.45) is 3.67. The van der Waals surface area contributed by atoms with Gasteiger partial charge in [-0.25, -0.2) is 0 Å². The van der Waals surface area contributed by atoms with Gasteiger partial charge in [-0.15, -0.1) is 0 Å². The minimum Gasteiger partial charge on any atom is -0.481 e. The summed E-state index contributed by atoms with van der Waals surface area (Å²) in [7, 11) is 0. The molecule has 4 unspecified atom stereocenters. The Kier molecular flexibility index (Phi) is 7.73. The van der Waals surface area contributed by atoms with E-state index in [1.807, 2.05) is 37.3 Å². The summed E-state index contributed by atoms with van der Waals surface area (Å²) in [5, 5.41) is 14.0. The van der Waals surface area contributed by atoms with E-state index in [-0.39, 0.29) is 30.1 Å². The van der Waals surface area contributed by atoms with E-state index >= 15 is 0 Å². The van der Waals surface area contributed by atoms with Crippen LogP contribution >= 0.6 is 23.2 Å². The number of ketones is 1. The Morgan fingerprint density at radius 1 is 1.23 bits per heavy atom. The maximum absolute atomic E-state index is 12.9. The fraction of sp³-hybridized carbons (Fsp3) is 0.458. The number of pyridine rings is 1. The van der Waals surface area contributed by atoms with Crippen molar-refractivity contribution in [3.63, 3.8) is 0 Å². The topological polar surface area (TPSA) is 79.3 Å². The quantitative estimate of drug-likeness (QED) is 0.566. The molecule has 0 radical (unpaired) electrons. The fourth-order valence-corrected chi connectivity index (χ4v) is 4.96. The SMILES string of the molecule is CC(=O)C(C)(CCc1ccc(Cl)cn1)C1NCC(CC(=O)O)CC1c1cccc(Cl)c1. The van der Waals surface area contributed by atoms with Gasteiger partial charge >= 0.3 is 5.97 Å². The Balaban J connectivity index is 1.90. The fourth-order valence-electron chi connectivity index (χ4n) is 4.64. The number of carbonyl (C=O) groups is 2. The zero-order valence-electron chi connectivity index (χ0n) is 17.8. The number of hydrogen-bond acceptors (Lipinski definition) is 4. The molecule has 7 heteroatoms. The van der Waals surface area contributed by atoms with Crippen molar-refractivity contribution >= 4 is 35.0 Å². The molecule has 5 nitrogen and oxygen atoms in total. The van der Waals surface area contributed by atoms with Crippen LogP contribution in [0.4, 0.5) is 0 Å². The van der Waals surface area contributed by atoms with Crippen molar-refractivity contribution in [1.29, 1.82) is 0 Å². The standard InChI is InChI=1S/C24H28Cl2N2O3/c1-15(29)24(2,9-8-20-7-6-19(26)14-27-20)23-21(17-4-3-5-18(25)12-17)10-16(13-28-23)11-22(30)31/h3-7,12,14,16,21,23,28H,8-11,13H2,1-2H3,(H,30,31). The molecule has 3 rings (SSSR count). The lowest BCUT2D eigenvalue weighted by Crippen LogP contribution is -2.56. The Morgan fingerprint density at radius 3 is 2.61 bits per heavy atom. The zero-order chi connectivity index (χ0) is 22.6. The highest BCUT2D eigenvalue weighted by Crippen LogP contribution is 2.43. The third kappa shape index (κ3) is 5.85. The molecule has 4 atom stereocenters. The first kappa shape index (κ1) is 23.7. The molecule has 166 valence electrons. The van der Waals surface area contributed by atoms with Crippen molar-refractivity contribution in [1.82, 2.24) is 10.3 Å². The number of benzene rings is 1. The van der Waals surface area contributed by atoms with Crippen molar-refractivity contribution in [3.8, 4) is 0 Å². The molecule has 0 aliphatic carbocycles. The van der Waals surface area contributed by atoms with Crippen molar-refractivity contribution < 1.29 is 14.7 Å². The zero-order valence-corrected chi connectivity index (χ0v) is 19.3. The second-order valence-electron chi connectivity index (χ2n) is 8.69. The minimum absolute atomic E-state index is 0.00753. The van der Waals surface area contributed by atoms with Crippen molar-refractivity contribution in [3.05, 3.63) is 63.9 Å². The first-order valence-electron chi connectivity index (χ1n) is 10.5. The first-order valence-corrected chi connectivity index (χ1v) is 11.3. The van der Waals surface area contributed by atoms with E-state index in [0.717, 1.165) is 11.3 Å². The summed E-state index contributed by atoms with van der Waals surface area (Å²) in [6.45, 7) is 4.20. The molecular weight excluding hydrogens is 435 g/mol. The van der Waals surface area contributed by atoms with Gasteiger partial charge in [-0.05, 0) is 68.5 Å². The van der Waals surface area contributed by atoms with E-state index in [1.165, 1.54) is 0 Å². The number of rotatable bonds is 8. The summed E-state index contributed by atoms with van der Waals surface area (Å²) in [4.78, 5) is 28.6. The van der Waals surface area contributed by atoms with Crippen molar-refractivity contribution in [2.24, 2.45) is 11.3 Å². The van der Waals surface area contributed by atoms with Crippen LogP contribution in [0.2, 0.25) is 10.0 Å². The number of nitrogens with zero attached hydrogens (tertiary/aromatic N) is 1. The molecule has 2 heterocycles. The predicted molar refractivity (Wildman–Crippen MR) is 123 cm³/mol. The molecule has 31 heavy (non-hydrogen) atoms. The lowest BCUT2D eigenvalue weighted by molar-refractivity contribution is -0.139. The molecule has 1 saturated heterocycles. The van der Waals surface area contributed by atoms with Gasteiger partial charge in [-0.3, -0.25) is 14.6 Å². The van der Waals surface area contributed by atoms with Crippen LogP contribution in [-0.4, -0.2) is 34.4 Å². The van der Waals surface area contributed by atoms with Crippen LogP contribution < -0.4 is 5.32 Å². The van der Waals surface area contributed by atoms with Gasteiger partial charge in [0, 0.05) is 40.7 Å². The summed E-state index contributed by atoms with van der Waals surface area (Å²) in [6, 6.07) is 11.2. The lowest BCUT2D eigenvalue weighted by Gasteiger charge is -2.46. The van der Waals surface area contributed by atoms with Gasteiger partial charge in [-0.2, -0.15) is 0 Å². The molecule has 1 fully saturated rings. The van der Waals surface area contributed by atoms with Crippen LogP contribution in [0, 0.1) is 11.3 Å². The predicted octanol–water partition coefficient (Wildman–Crippen LogP) is 5.15. The van der Waals surface area contributed by atoms with Gasteiger partial charge in [0.1, 0.15) is 5.78 Å². The molecular formula is C24H28Cl2N2O3. The number of piperidine rings is 1. The summed E-state index contributed by atoms with van der Waals surface area (Å²) >= 11 is 12.2. The van der Waals surface area contributed by atoms with Gasteiger partial charge in [-0.1, -0.05) is 42.3 Å². The monoisotopic (exact) mass is 462 g/mol. The number of halogens is 2. The number of hydrogen-bond donors (Lipinski definition) is 2. The van der Waals surface area contributed by atoms with E-state index in [9.17, 15) is 14.7 Å². The van der Waals surface area contributed by atoms with Gasteiger partial charge in [0.2, 0.25) is 0 Å². The Bertz CT molecular complexity index is 935. The van der Waals surface area contributed by atoms with Crippen LogP contribution in [0.25, 0.3) is 0 Å². The largest absolute Gasteiger partial charge is 0.481 e. The van der Waals surface area contributed by atoms with E-state index in [2.05, 4.69) is 10.3 Å². The van der Waals surface area contributed by atoms with Crippen molar-refractivity contribution in [2.45, 2.75) is 51.5 Å². The highest BCUT2D eigenvalue weighted by Gasteiger charge is 2.46. The van der Waals surface area contributed by atoms with Gasteiger partial charge in [0.05, 0.1) is 5.02 Å². The number of nitrogens with one attached hydrogen (secondary N) is 1. The molecule has 0 bridgehead atoms. The molecule has 1 aromatic carbocycles. The molecule has 0 saturated carbocycles. The van der Waals surface area contributed by atoms with Gasteiger partial charge in [0.15, 0.2) is 0 Å². The summed E-state index contributed by atoms with van der Waals surface area (Å²) < 4.78 is 0. The number of Topliss-reactive ketones (excluding diaryl/α,β-unsaturated/α-hetero) is 1. The number of aliphatic carboxylic acids is 1. The first-order chi connectivity index (χ1) is 14.7. The average molecular weight is 463 g/mol. The molecule has 1 aliphatic heterocycles.